The van der Waals surface area contributed by atoms with Crippen LogP contribution in [0.15, 0.2) is 18.3 Å². The van der Waals surface area contributed by atoms with Gasteiger partial charge in [0.2, 0.25) is 0 Å². The maximum Gasteiger partial charge on any atom is 0.128 e. The Morgan fingerprint density at radius 2 is 2.20 bits per heavy atom. The molecule has 1 aromatic heterocycles. The number of hydrogen-bond acceptors (Lipinski definition) is 3. The van der Waals surface area contributed by atoms with Gasteiger partial charge in [-0.05, 0) is 25.5 Å². The molecule has 0 aliphatic rings. The maximum absolute atomic E-state index is 6.09. The first-order valence-electron chi connectivity index (χ1n) is 5.06. The summed E-state index contributed by atoms with van der Waals surface area (Å²) in [7, 11) is 1.98. The van der Waals surface area contributed by atoms with Gasteiger partial charge in [-0.3, -0.25) is 0 Å². The number of pyridine rings is 1. The molecular formula is C11H18ClN3. The topological polar surface area (TPSA) is 42.1 Å². The van der Waals surface area contributed by atoms with E-state index in [4.69, 9.17) is 17.3 Å². The van der Waals surface area contributed by atoms with Crippen molar-refractivity contribution in [1.82, 2.24) is 4.98 Å². The van der Waals surface area contributed by atoms with Crippen molar-refractivity contribution >= 4 is 17.4 Å². The Morgan fingerprint density at radius 1 is 1.53 bits per heavy atom. The van der Waals surface area contributed by atoms with Gasteiger partial charge in [0, 0.05) is 25.3 Å². The monoisotopic (exact) mass is 227 g/mol. The van der Waals surface area contributed by atoms with E-state index >= 15 is 0 Å². The van der Waals surface area contributed by atoms with E-state index in [1.165, 1.54) is 0 Å². The molecule has 1 atom stereocenters. The first kappa shape index (κ1) is 12.3. The lowest BCUT2D eigenvalue weighted by Gasteiger charge is -2.29. The average Bonchev–Trinajstić information content (AvgIpc) is 2.18. The molecule has 0 spiro atoms. The SMILES string of the molecule is CC[C@](C)(N)CN(C)c1ccc(Cl)cn1. The van der Waals surface area contributed by atoms with Gasteiger partial charge in [0.05, 0.1) is 5.02 Å². The van der Waals surface area contributed by atoms with Crippen molar-refractivity contribution in [3.63, 3.8) is 0 Å². The zero-order valence-electron chi connectivity index (χ0n) is 9.50. The van der Waals surface area contributed by atoms with Crippen molar-refractivity contribution in [1.29, 1.82) is 0 Å². The molecule has 3 nitrogen and oxygen atoms in total. The van der Waals surface area contributed by atoms with Gasteiger partial charge < -0.3 is 10.6 Å². The van der Waals surface area contributed by atoms with E-state index in [9.17, 15) is 0 Å². The van der Waals surface area contributed by atoms with Gasteiger partial charge in [-0.25, -0.2) is 4.98 Å². The summed E-state index contributed by atoms with van der Waals surface area (Å²) in [5.74, 6) is 0.893. The molecule has 15 heavy (non-hydrogen) atoms. The summed E-state index contributed by atoms with van der Waals surface area (Å²) in [5.41, 5.74) is 5.90. The number of likely N-dealkylation sites (N-methyl/N-ethyl adjacent to an activating group) is 1. The molecule has 0 amide bonds. The van der Waals surface area contributed by atoms with Crippen molar-refractivity contribution in [3.8, 4) is 0 Å². The second-order valence-corrected chi connectivity index (χ2v) is 4.63. The second-order valence-electron chi connectivity index (χ2n) is 4.20. The standard InChI is InChI=1S/C11H18ClN3/c1-4-11(2,13)8-15(3)10-6-5-9(12)7-14-10/h5-7H,4,8,13H2,1-3H3/t11-/m0/s1. The molecule has 0 aliphatic carbocycles. The Hall–Kier alpha value is -0.800. The smallest absolute Gasteiger partial charge is 0.128 e. The zero-order valence-corrected chi connectivity index (χ0v) is 10.3. The minimum atomic E-state index is -0.184. The Bertz CT molecular complexity index is 308. The molecule has 84 valence electrons. The second kappa shape index (κ2) is 4.81. The molecule has 4 heteroatoms. The normalized spacial score (nSPS) is 14.7. The highest BCUT2D eigenvalue weighted by Crippen LogP contribution is 2.15. The predicted molar refractivity (Wildman–Crippen MR) is 65.4 cm³/mol. The van der Waals surface area contributed by atoms with Crippen molar-refractivity contribution in [2.24, 2.45) is 5.73 Å². The molecule has 1 aromatic rings. The molecule has 1 heterocycles. The molecular weight excluding hydrogens is 210 g/mol. The highest BCUT2D eigenvalue weighted by atomic mass is 35.5. The molecule has 0 fully saturated rings. The number of anilines is 1. The summed E-state index contributed by atoms with van der Waals surface area (Å²) >= 11 is 5.77. The van der Waals surface area contributed by atoms with Crippen LogP contribution in [0, 0.1) is 0 Å². The Balaban J connectivity index is 2.69. The molecule has 0 saturated carbocycles. The van der Waals surface area contributed by atoms with E-state index in [1.807, 2.05) is 31.0 Å². The highest BCUT2D eigenvalue weighted by Gasteiger charge is 2.18. The quantitative estimate of drug-likeness (QED) is 0.859. The Morgan fingerprint density at radius 3 is 2.67 bits per heavy atom. The first-order valence-corrected chi connectivity index (χ1v) is 5.44. The number of rotatable bonds is 4. The third kappa shape index (κ3) is 3.68. The highest BCUT2D eigenvalue weighted by molar-refractivity contribution is 6.30. The Kier molecular flexibility index (Phi) is 3.94. The van der Waals surface area contributed by atoms with Crippen LogP contribution in [0.1, 0.15) is 20.3 Å². The van der Waals surface area contributed by atoms with Crippen molar-refractivity contribution in [2.45, 2.75) is 25.8 Å². The molecule has 0 aromatic carbocycles. The summed E-state index contributed by atoms with van der Waals surface area (Å²) in [6, 6.07) is 3.73. The first-order chi connectivity index (χ1) is 6.94. The van der Waals surface area contributed by atoms with Crippen LogP contribution < -0.4 is 10.6 Å². The van der Waals surface area contributed by atoms with Crippen LogP contribution in [-0.2, 0) is 0 Å². The van der Waals surface area contributed by atoms with Crippen LogP contribution in [0.2, 0.25) is 5.02 Å². The molecule has 0 radical (unpaired) electrons. The van der Waals surface area contributed by atoms with Crippen LogP contribution in [-0.4, -0.2) is 24.1 Å². The number of aromatic nitrogens is 1. The van der Waals surface area contributed by atoms with E-state index in [1.54, 1.807) is 6.20 Å². The minimum Gasteiger partial charge on any atom is -0.358 e. The summed E-state index contributed by atoms with van der Waals surface area (Å²) in [4.78, 5) is 6.28. The van der Waals surface area contributed by atoms with Gasteiger partial charge in [-0.15, -0.1) is 0 Å². The molecule has 0 aliphatic heterocycles. The lowest BCUT2D eigenvalue weighted by molar-refractivity contribution is 0.454. The lowest BCUT2D eigenvalue weighted by atomic mass is 10.0. The van der Waals surface area contributed by atoms with Crippen molar-refractivity contribution in [3.05, 3.63) is 23.4 Å². The fourth-order valence-corrected chi connectivity index (χ4v) is 1.44. The molecule has 0 unspecified atom stereocenters. The van der Waals surface area contributed by atoms with Crippen LogP contribution in [0.25, 0.3) is 0 Å². The number of nitrogens with two attached hydrogens (primary N) is 1. The zero-order chi connectivity index (χ0) is 11.5. The van der Waals surface area contributed by atoms with E-state index in [0.29, 0.717) is 5.02 Å². The minimum absolute atomic E-state index is 0.184. The maximum atomic E-state index is 6.09. The average molecular weight is 228 g/mol. The summed E-state index contributed by atoms with van der Waals surface area (Å²) in [5, 5.41) is 0.651. The molecule has 0 bridgehead atoms. The summed E-state index contributed by atoms with van der Waals surface area (Å²) in [6.07, 6.45) is 2.58. The largest absolute Gasteiger partial charge is 0.358 e. The molecule has 2 N–H and O–H groups in total. The molecule has 0 saturated heterocycles. The third-order valence-electron chi connectivity index (χ3n) is 2.51. The third-order valence-corrected chi connectivity index (χ3v) is 2.73. The van der Waals surface area contributed by atoms with Crippen LogP contribution in [0.4, 0.5) is 5.82 Å². The van der Waals surface area contributed by atoms with Gasteiger partial charge in [-0.1, -0.05) is 18.5 Å². The Labute approximate surface area is 96.2 Å². The van der Waals surface area contributed by atoms with Crippen LogP contribution in [0.3, 0.4) is 0 Å². The van der Waals surface area contributed by atoms with E-state index in [0.717, 1.165) is 18.8 Å². The van der Waals surface area contributed by atoms with Gasteiger partial charge in [0.1, 0.15) is 5.82 Å². The van der Waals surface area contributed by atoms with E-state index in [-0.39, 0.29) is 5.54 Å². The summed E-state index contributed by atoms with van der Waals surface area (Å²) < 4.78 is 0. The van der Waals surface area contributed by atoms with Crippen LogP contribution in [0.5, 0.6) is 0 Å². The van der Waals surface area contributed by atoms with Crippen molar-refractivity contribution < 1.29 is 0 Å². The fraction of sp³-hybridized carbons (Fsp3) is 0.545. The van der Waals surface area contributed by atoms with Gasteiger partial charge in [0.15, 0.2) is 0 Å². The number of nitrogens with zero attached hydrogens (tertiary/aromatic N) is 2. The van der Waals surface area contributed by atoms with E-state index < -0.39 is 0 Å². The van der Waals surface area contributed by atoms with Gasteiger partial charge in [0.25, 0.3) is 0 Å². The van der Waals surface area contributed by atoms with Gasteiger partial charge >= 0.3 is 0 Å². The summed E-state index contributed by atoms with van der Waals surface area (Å²) in [6.45, 7) is 4.90. The van der Waals surface area contributed by atoms with Crippen molar-refractivity contribution in [2.75, 3.05) is 18.5 Å². The van der Waals surface area contributed by atoms with Gasteiger partial charge in [-0.2, -0.15) is 0 Å². The fourth-order valence-electron chi connectivity index (χ4n) is 1.33. The predicted octanol–water partition coefficient (Wildman–Crippen LogP) is 2.30. The van der Waals surface area contributed by atoms with E-state index in [2.05, 4.69) is 11.9 Å². The number of hydrogen-bond donors (Lipinski definition) is 1. The van der Waals surface area contributed by atoms with Crippen LogP contribution >= 0.6 is 11.6 Å². The lowest BCUT2D eigenvalue weighted by Crippen LogP contribution is -2.46. The number of halogens is 1. The molecule has 1 rings (SSSR count).